The van der Waals surface area contributed by atoms with E-state index in [1.807, 2.05) is 42.5 Å². The number of unbranched alkanes of at least 4 members (excludes halogenated alkanes) is 1. The number of rotatable bonds is 6. The summed E-state index contributed by atoms with van der Waals surface area (Å²) >= 11 is 0. The number of benzene rings is 2. The molecule has 2 aromatic carbocycles. The van der Waals surface area contributed by atoms with Gasteiger partial charge < -0.3 is 0 Å². The molecule has 0 aromatic heterocycles. The fraction of sp³-hybridized carbons (Fsp3) is 0.190. The van der Waals surface area contributed by atoms with Crippen molar-refractivity contribution >= 4 is 12.2 Å². The van der Waals surface area contributed by atoms with Crippen LogP contribution in [-0.4, -0.2) is 0 Å². The first-order chi connectivity index (χ1) is 10.8. The van der Waals surface area contributed by atoms with E-state index >= 15 is 0 Å². The van der Waals surface area contributed by atoms with E-state index in [1.54, 1.807) is 0 Å². The zero-order valence-electron chi connectivity index (χ0n) is 13.0. The van der Waals surface area contributed by atoms with Gasteiger partial charge in [-0.15, -0.1) is 0 Å². The Morgan fingerprint density at radius 3 is 1.91 bits per heavy atom. The molecule has 0 radical (unpaired) electrons. The maximum absolute atomic E-state index is 8.76. The van der Waals surface area contributed by atoms with Crippen LogP contribution in [0, 0.1) is 11.3 Å². The van der Waals surface area contributed by atoms with Crippen molar-refractivity contribution in [2.45, 2.75) is 26.2 Å². The van der Waals surface area contributed by atoms with E-state index in [-0.39, 0.29) is 0 Å². The van der Waals surface area contributed by atoms with Crippen molar-refractivity contribution < 1.29 is 0 Å². The molecule has 0 atom stereocenters. The van der Waals surface area contributed by atoms with Gasteiger partial charge in [0.15, 0.2) is 0 Å². The number of nitrogens with zero attached hydrogens (tertiary/aromatic N) is 1. The Morgan fingerprint density at radius 2 is 1.41 bits per heavy atom. The van der Waals surface area contributed by atoms with Gasteiger partial charge in [-0.1, -0.05) is 74.0 Å². The van der Waals surface area contributed by atoms with Gasteiger partial charge >= 0.3 is 0 Å². The number of nitriles is 1. The molecule has 0 aliphatic rings. The molecule has 0 aliphatic heterocycles. The van der Waals surface area contributed by atoms with Crippen LogP contribution in [0.3, 0.4) is 0 Å². The van der Waals surface area contributed by atoms with Gasteiger partial charge in [0, 0.05) is 0 Å². The van der Waals surface area contributed by atoms with Crippen molar-refractivity contribution in [2.75, 3.05) is 0 Å². The van der Waals surface area contributed by atoms with Crippen molar-refractivity contribution in [1.82, 2.24) is 0 Å². The molecule has 0 bridgehead atoms. The van der Waals surface area contributed by atoms with Crippen molar-refractivity contribution in [2.24, 2.45) is 0 Å². The molecule has 0 fully saturated rings. The molecular weight excluding hydrogens is 266 g/mol. The largest absolute Gasteiger partial charge is 0.192 e. The second kappa shape index (κ2) is 8.64. The van der Waals surface area contributed by atoms with Crippen molar-refractivity contribution in [1.29, 1.82) is 5.26 Å². The monoisotopic (exact) mass is 287 g/mol. The predicted molar refractivity (Wildman–Crippen MR) is 94.3 cm³/mol. The molecule has 2 rings (SSSR count). The lowest BCUT2D eigenvalue weighted by molar-refractivity contribution is 0.795. The summed E-state index contributed by atoms with van der Waals surface area (Å²) < 4.78 is 0. The third-order valence-electron chi connectivity index (χ3n) is 3.53. The van der Waals surface area contributed by atoms with Crippen LogP contribution in [0.4, 0.5) is 0 Å². The molecule has 0 heterocycles. The fourth-order valence-corrected chi connectivity index (χ4v) is 2.18. The normalized spacial score (nSPS) is 11.1. The van der Waals surface area contributed by atoms with E-state index in [2.05, 4.69) is 43.3 Å². The average molecular weight is 287 g/mol. The van der Waals surface area contributed by atoms with Gasteiger partial charge in [-0.3, -0.25) is 0 Å². The zero-order valence-corrected chi connectivity index (χ0v) is 13.0. The van der Waals surface area contributed by atoms with E-state index in [9.17, 15) is 0 Å². The summed E-state index contributed by atoms with van der Waals surface area (Å²) in [5.74, 6) is 0. The van der Waals surface area contributed by atoms with E-state index in [4.69, 9.17) is 5.26 Å². The van der Waals surface area contributed by atoms with Crippen LogP contribution < -0.4 is 0 Å². The van der Waals surface area contributed by atoms with Gasteiger partial charge in [-0.2, -0.15) is 5.26 Å². The minimum atomic E-state index is 0.691. The summed E-state index contributed by atoms with van der Waals surface area (Å²) in [5, 5.41) is 8.76. The van der Waals surface area contributed by atoms with Crippen molar-refractivity contribution in [3.05, 3.63) is 82.9 Å². The maximum atomic E-state index is 8.76. The summed E-state index contributed by atoms with van der Waals surface area (Å²) in [6.45, 7) is 2.22. The van der Waals surface area contributed by atoms with Crippen LogP contribution >= 0.6 is 0 Å². The third-order valence-corrected chi connectivity index (χ3v) is 3.53. The Bertz CT molecular complexity index is 667. The average Bonchev–Trinajstić information content (AvgIpc) is 2.58. The van der Waals surface area contributed by atoms with Gasteiger partial charge in [-0.25, -0.2) is 0 Å². The molecule has 0 spiro atoms. The van der Waals surface area contributed by atoms with Crippen molar-refractivity contribution in [3.63, 3.8) is 0 Å². The summed E-state index contributed by atoms with van der Waals surface area (Å²) in [6, 6.07) is 18.4. The van der Waals surface area contributed by atoms with Crippen LogP contribution in [0.15, 0.2) is 60.7 Å². The Balaban J connectivity index is 1.91. The van der Waals surface area contributed by atoms with Crippen LogP contribution in [-0.2, 0) is 6.42 Å². The second-order valence-electron chi connectivity index (χ2n) is 5.30. The number of allylic oxidation sites excluding steroid dienone is 2. The topological polar surface area (TPSA) is 23.8 Å². The highest BCUT2D eigenvalue weighted by atomic mass is 14.2. The molecule has 1 nitrogen and oxygen atoms in total. The SMILES string of the molecule is CCCCc1ccc(/C=C/C=C/c2ccc(C#N)cc2)cc1. The van der Waals surface area contributed by atoms with E-state index in [1.165, 1.54) is 30.4 Å². The highest BCUT2D eigenvalue weighted by Crippen LogP contribution is 2.10. The molecular formula is C21H21N. The molecule has 0 unspecified atom stereocenters. The molecule has 0 amide bonds. The van der Waals surface area contributed by atoms with E-state index in [0.717, 1.165) is 5.56 Å². The molecule has 22 heavy (non-hydrogen) atoms. The molecule has 110 valence electrons. The molecule has 0 aliphatic carbocycles. The smallest absolute Gasteiger partial charge is 0.0991 e. The molecule has 0 saturated carbocycles. The van der Waals surface area contributed by atoms with E-state index in [0.29, 0.717) is 5.56 Å². The summed E-state index contributed by atoms with van der Waals surface area (Å²) in [7, 11) is 0. The first-order valence-electron chi connectivity index (χ1n) is 7.75. The molecule has 0 N–H and O–H groups in total. The highest BCUT2D eigenvalue weighted by Gasteiger charge is 1.92. The van der Waals surface area contributed by atoms with Crippen LogP contribution in [0.5, 0.6) is 0 Å². The quantitative estimate of drug-likeness (QED) is 0.632. The van der Waals surface area contributed by atoms with Crippen LogP contribution in [0.2, 0.25) is 0 Å². The first-order valence-corrected chi connectivity index (χ1v) is 7.75. The van der Waals surface area contributed by atoms with Gasteiger partial charge in [0.25, 0.3) is 0 Å². The summed E-state index contributed by atoms with van der Waals surface area (Å²) in [4.78, 5) is 0. The van der Waals surface area contributed by atoms with Crippen LogP contribution in [0.1, 0.15) is 42.0 Å². The molecule has 0 saturated heterocycles. The Morgan fingerprint density at radius 1 is 0.864 bits per heavy atom. The predicted octanol–water partition coefficient (Wildman–Crippen LogP) is 5.63. The lowest BCUT2D eigenvalue weighted by Gasteiger charge is -2.00. The maximum Gasteiger partial charge on any atom is 0.0991 e. The molecule has 1 heteroatoms. The fourth-order valence-electron chi connectivity index (χ4n) is 2.18. The Kier molecular flexibility index (Phi) is 6.20. The highest BCUT2D eigenvalue weighted by molar-refractivity contribution is 5.57. The third kappa shape index (κ3) is 5.07. The standard InChI is InChI=1S/C21H21N/c1-2-3-6-18-9-11-19(12-10-18)7-4-5-8-20-13-15-21(17-22)16-14-20/h4-5,7-16H,2-3,6H2,1H3/b7-4+,8-5+. The lowest BCUT2D eigenvalue weighted by Crippen LogP contribution is -1.83. The first kappa shape index (κ1) is 15.8. The van der Waals surface area contributed by atoms with Crippen molar-refractivity contribution in [3.8, 4) is 6.07 Å². The zero-order chi connectivity index (χ0) is 15.6. The number of hydrogen-bond donors (Lipinski definition) is 0. The van der Waals surface area contributed by atoms with E-state index < -0.39 is 0 Å². The lowest BCUT2D eigenvalue weighted by atomic mass is 10.1. The minimum Gasteiger partial charge on any atom is -0.192 e. The number of hydrogen-bond acceptors (Lipinski definition) is 1. The Labute approximate surface area is 133 Å². The number of aryl methyl sites for hydroxylation is 1. The summed E-state index contributed by atoms with van der Waals surface area (Å²) in [5.41, 5.74) is 4.41. The van der Waals surface area contributed by atoms with Gasteiger partial charge in [0.2, 0.25) is 0 Å². The van der Waals surface area contributed by atoms with Gasteiger partial charge in [0.1, 0.15) is 0 Å². The van der Waals surface area contributed by atoms with Gasteiger partial charge in [-0.05, 0) is 41.7 Å². The molecule has 2 aromatic rings. The second-order valence-corrected chi connectivity index (χ2v) is 5.30. The Hall–Kier alpha value is -2.59. The minimum absolute atomic E-state index is 0.691. The summed E-state index contributed by atoms with van der Waals surface area (Å²) in [6.07, 6.45) is 11.9. The van der Waals surface area contributed by atoms with Gasteiger partial charge in [0.05, 0.1) is 11.6 Å². The van der Waals surface area contributed by atoms with Crippen LogP contribution in [0.25, 0.3) is 12.2 Å².